The molecule has 1 saturated heterocycles. The molecule has 1 unspecified atom stereocenters. The number of morpholine rings is 1. The molecule has 0 radical (unpaired) electrons. The number of esters is 1. The van der Waals surface area contributed by atoms with Crippen LogP contribution in [0.25, 0.3) is 0 Å². The Balaban J connectivity index is 1.95. The van der Waals surface area contributed by atoms with Crippen molar-refractivity contribution in [3.8, 4) is 0 Å². The molecule has 2 atom stereocenters. The van der Waals surface area contributed by atoms with Gasteiger partial charge in [-0.1, -0.05) is 30.1 Å². The number of rotatable bonds is 4. The summed E-state index contributed by atoms with van der Waals surface area (Å²) in [7, 11) is 0. The molecule has 1 aliphatic heterocycles. The number of nitrogens with zero attached hydrogens (tertiary/aromatic N) is 1. The van der Waals surface area contributed by atoms with E-state index in [0.29, 0.717) is 13.2 Å². The van der Waals surface area contributed by atoms with E-state index >= 15 is 0 Å². The van der Waals surface area contributed by atoms with E-state index < -0.39 is 17.5 Å². The second-order valence-corrected chi connectivity index (χ2v) is 5.58. The SMILES string of the molecule is CC(COC(=O)c1c(Cl)cc(Cl)nc1F)[C@@H]1CNCCO1. The smallest absolute Gasteiger partial charge is 0.344 e. The molecule has 1 fully saturated rings. The van der Waals surface area contributed by atoms with Crippen LogP contribution in [0.15, 0.2) is 6.07 Å². The third-order valence-corrected chi connectivity index (χ3v) is 3.66. The summed E-state index contributed by atoms with van der Waals surface area (Å²) in [4.78, 5) is 15.2. The largest absolute Gasteiger partial charge is 0.462 e. The molecule has 0 aromatic carbocycles. The van der Waals surface area contributed by atoms with E-state index in [9.17, 15) is 9.18 Å². The van der Waals surface area contributed by atoms with Gasteiger partial charge in [-0.3, -0.25) is 0 Å². The monoisotopic (exact) mass is 336 g/mol. The summed E-state index contributed by atoms with van der Waals surface area (Å²) in [5.41, 5.74) is -0.407. The Morgan fingerprint density at radius 1 is 1.67 bits per heavy atom. The fourth-order valence-electron chi connectivity index (χ4n) is 1.98. The lowest BCUT2D eigenvalue weighted by molar-refractivity contribution is -0.0258. The van der Waals surface area contributed by atoms with Crippen molar-refractivity contribution in [2.45, 2.75) is 13.0 Å². The van der Waals surface area contributed by atoms with Crippen molar-refractivity contribution in [2.75, 3.05) is 26.3 Å². The average molecular weight is 337 g/mol. The van der Waals surface area contributed by atoms with Gasteiger partial charge in [-0.2, -0.15) is 4.39 Å². The molecule has 0 spiro atoms. The Morgan fingerprint density at radius 3 is 3.05 bits per heavy atom. The van der Waals surface area contributed by atoms with Gasteiger partial charge < -0.3 is 14.8 Å². The molecule has 1 aromatic rings. The molecule has 21 heavy (non-hydrogen) atoms. The molecule has 1 N–H and O–H groups in total. The van der Waals surface area contributed by atoms with Crippen molar-refractivity contribution in [3.05, 3.63) is 27.8 Å². The second kappa shape index (κ2) is 7.35. The number of pyridine rings is 1. The molecular weight excluding hydrogens is 322 g/mol. The summed E-state index contributed by atoms with van der Waals surface area (Å²) < 4.78 is 24.3. The van der Waals surface area contributed by atoms with Gasteiger partial charge in [-0.05, 0) is 6.07 Å². The first kappa shape index (κ1) is 16.4. The summed E-state index contributed by atoms with van der Waals surface area (Å²) >= 11 is 11.3. The van der Waals surface area contributed by atoms with Crippen LogP contribution < -0.4 is 5.32 Å². The maximum atomic E-state index is 13.6. The molecule has 0 saturated carbocycles. The number of ether oxygens (including phenoxy) is 2. The number of hydrogen-bond acceptors (Lipinski definition) is 5. The standard InChI is InChI=1S/C13H15Cl2FN2O3/c1-7(9-5-17-2-3-20-9)6-21-13(19)11-8(14)4-10(15)18-12(11)16/h4,7,9,17H,2-3,5-6H2,1H3/t7?,9-/m0/s1. The van der Waals surface area contributed by atoms with E-state index in [-0.39, 0.29) is 28.8 Å². The maximum Gasteiger partial charge on any atom is 0.344 e. The van der Waals surface area contributed by atoms with Crippen LogP contribution in [-0.2, 0) is 9.47 Å². The minimum atomic E-state index is -1.04. The highest BCUT2D eigenvalue weighted by molar-refractivity contribution is 6.36. The Bertz CT molecular complexity index is 501. The third-order valence-electron chi connectivity index (χ3n) is 3.17. The quantitative estimate of drug-likeness (QED) is 0.675. The predicted octanol–water partition coefficient (Wildman–Crippen LogP) is 2.31. The number of carbonyl (C=O) groups excluding carboxylic acids is 1. The molecule has 116 valence electrons. The summed E-state index contributed by atoms with van der Waals surface area (Å²) in [6.07, 6.45) is -0.0461. The molecular formula is C13H15Cl2FN2O3. The summed E-state index contributed by atoms with van der Waals surface area (Å²) in [6, 6.07) is 1.19. The summed E-state index contributed by atoms with van der Waals surface area (Å²) in [6.45, 7) is 4.10. The maximum absolute atomic E-state index is 13.6. The normalized spacial score (nSPS) is 20.1. The molecule has 2 heterocycles. The van der Waals surface area contributed by atoms with Crippen LogP contribution in [0.5, 0.6) is 0 Å². The van der Waals surface area contributed by atoms with Crippen molar-refractivity contribution in [1.82, 2.24) is 10.3 Å². The molecule has 1 aromatic heterocycles. The Kier molecular flexibility index (Phi) is 5.75. The van der Waals surface area contributed by atoms with Gasteiger partial charge in [0.1, 0.15) is 10.7 Å². The highest BCUT2D eigenvalue weighted by Crippen LogP contribution is 2.23. The molecule has 1 aliphatic rings. The van der Waals surface area contributed by atoms with Crippen molar-refractivity contribution in [2.24, 2.45) is 5.92 Å². The minimum absolute atomic E-state index is 0.0242. The van der Waals surface area contributed by atoms with Crippen LogP contribution in [0.3, 0.4) is 0 Å². The number of nitrogens with one attached hydrogen (secondary N) is 1. The number of hydrogen-bond donors (Lipinski definition) is 1. The Hall–Kier alpha value is -0.950. The van der Waals surface area contributed by atoms with E-state index in [4.69, 9.17) is 32.7 Å². The van der Waals surface area contributed by atoms with Gasteiger partial charge in [0, 0.05) is 19.0 Å². The topological polar surface area (TPSA) is 60.5 Å². The lowest BCUT2D eigenvalue weighted by Gasteiger charge is -2.28. The lowest BCUT2D eigenvalue weighted by Crippen LogP contribution is -2.43. The van der Waals surface area contributed by atoms with Gasteiger partial charge >= 0.3 is 5.97 Å². The molecule has 0 bridgehead atoms. The fraction of sp³-hybridized carbons (Fsp3) is 0.538. The predicted molar refractivity (Wildman–Crippen MR) is 76.3 cm³/mol. The zero-order chi connectivity index (χ0) is 15.4. The van der Waals surface area contributed by atoms with Gasteiger partial charge in [0.15, 0.2) is 0 Å². The number of aromatic nitrogens is 1. The van der Waals surface area contributed by atoms with Gasteiger partial charge in [-0.15, -0.1) is 0 Å². The van der Waals surface area contributed by atoms with E-state index in [2.05, 4.69) is 10.3 Å². The van der Waals surface area contributed by atoms with Crippen LogP contribution in [0.1, 0.15) is 17.3 Å². The fourth-order valence-corrected chi connectivity index (χ4v) is 2.47. The van der Waals surface area contributed by atoms with E-state index in [1.807, 2.05) is 6.92 Å². The third kappa shape index (κ3) is 4.26. The van der Waals surface area contributed by atoms with Crippen LogP contribution in [0.2, 0.25) is 10.2 Å². The van der Waals surface area contributed by atoms with Crippen molar-refractivity contribution in [1.29, 1.82) is 0 Å². The Morgan fingerprint density at radius 2 is 2.43 bits per heavy atom. The first-order chi connectivity index (χ1) is 9.99. The van der Waals surface area contributed by atoms with Gasteiger partial charge in [0.05, 0.1) is 24.3 Å². The van der Waals surface area contributed by atoms with Crippen molar-refractivity contribution in [3.63, 3.8) is 0 Å². The zero-order valence-corrected chi connectivity index (χ0v) is 12.9. The van der Waals surface area contributed by atoms with E-state index in [0.717, 1.165) is 6.54 Å². The minimum Gasteiger partial charge on any atom is -0.462 e. The van der Waals surface area contributed by atoms with E-state index in [1.165, 1.54) is 6.07 Å². The van der Waals surface area contributed by atoms with Crippen LogP contribution >= 0.6 is 23.2 Å². The van der Waals surface area contributed by atoms with Crippen LogP contribution in [0, 0.1) is 11.9 Å². The first-order valence-corrected chi connectivity index (χ1v) is 7.25. The lowest BCUT2D eigenvalue weighted by atomic mass is 10.1. The van der Waals surface area contributed by atoms with Gasteiger partial charge in [0.25, 0.3) is 0 Å². The number of halogens is 3. The second-order valence-electron chi connectivity index (χ2n) is 4.78. The van der Waals surface area contributed by atoms with Crippen molar-refractivity contribution < 1.29 is 18.7 Å². The molecule has 0 aliphatic carbocycles. The van der Waals surface area contributed by atoms with E-state index in [1.54, 1.807) is 0 Å². The molecule has 0 amide bonds. The van der Waals surface area contributed by atoms with Crippen LogP contribution in [-0.4, -0.2) is 43.4 Å². The zero-order valence-electron chi connectivity index (χ0n) is 11.4. The molecule has 5 nitrogen and oxygen atoms in total. The average Bonchev–Trinajstić information content (AvgIpc) is 2.44. The van der Waals surface area contributed by atoms with Crippen molar-refractivity contribution >= 4 is 29.2 Å². The molecule has 2 rings (SSSR count). The van der Waals surface area contributed by atoms with Gasteiger partial charge in [0.2, 0.25) is 5.95 Å². The van der Waals surface area contributed by atoms with Crippen LogP contribution in [0.4, 0.5) is 4.39 Å². The first-order valence-electron chi connectivity index (χ1n) is 6.50. The highest BCUT2D eigenvalue weighted by atomic mass is 35.5. The Labute approximate surface area is 131 Å². The highest BCUT2D eigenvalue weighted by Gasteiger charge is 2.24. The van der Waals surface area contributed by atoms with Gasteiger partial charge in [-0.25, -0.2) is 9.78 Å². The number of carbonyl (C=O) groups is 1. The summed E-state index contributed by atoms with van der Waals surface area (Å²) in [5.74, 6) is -1.93. The summed E-state index contributed by atoms with van der Waals surface area (Å²) in [5, 5.41) is 2.94. The molecule has 8 heteroatoms.